The van der Waals surface area contributed by atoms with Crippen LogP contribution in [0.1, 0.15) is 18.1 Å². The molecule has 28 heavy (non-hydrogen) atoms. The molecule has 3 rings (SSSR count). The van der Waals surface area contributed by atoms with Crippen molar-refractivity contribution < 1.29 is 9.53 Å². The summed E-state index contributed by atoms with van der Waals surface area (Å²) >= 11 is 25.6. The van der Waals surface area contributed by atoms with Crippen LogP contribution >= 0.6 is 79.0 Å². The van der Waals surface area contributed by atoms with Crippen molar-refractivity contribution in [2.45, 2.75) is 13.5 Å². The summed E-state index contributed by atoms with van der Waals surface area (Å²) in [4.78, 5) is 14.6. The van der Waals surface area contributed by atoms with Crippen molar-refractivity contribution in [1.82, 2.24) is 4.90 Å². The minimum absolute atomic E-state index is 0.0651. The number of rotatable bonds is 5. The van der Waals surface area contributed by atoms with Gasteiger partial charge in [-0.3, -0.25) is 9.69 Å². The van der Waals surface area contributed by atoms with Gasteiger partial charge in [0, 0.05) is 6.54 Å². The average molecular weight is 582 g/mol. The van der Waals surface area contributed by atoms with Crippen LogP contribution in [0.2, 0.25) is 10.0 Å². The minimum Gasteiger partial charge on any atom is -0.487 e. The second kappa shape index (κ2) is 9.49. The SMILES string of the molecule is CCN1C(=O)/C(=C/c2cc(Br)c(OCc3ccc(Cl)c(Cl)c3)c(Br)c2)SC1=S. The average Bonchev–Trinajstić information content (AvgIpc) is 2.90. The Labute approximate surface area is 199 Å². The monoisotopic (exact) mass is 579 g/mol. The van der Waals surface area contributed by atoms with E-state index in [0.717, 1.165) is 20.1 Å². The first-order chi connectivity index (χ1) is 13.3. The standard InChI is InChI=1S/C19H13Br2Cl2NO2S2/c1-2-24-18(25)16(28-19(24)27)8-11-5-12(20)17(13(21)6-11)26-9-10-3-4-14(22)15(23)7-10/h3-8H,2,9H2,1H3/b16-8-. The maximum absolute atomic E-state index is 12.4. The van der Waals surface area contributed by atoms with Crippen LogP contribution < -0.4 is 4.74 Å². The van der Waals surface area contributed by atoms with Crippen LogP contribution in [0.25, 0.3) is 6.08 Å². The smallest absolute Gasteiger partial charge is 0.266 e. The second-order valence-corrected chi connectivity index (χ2v) is 9.98. The van der Waals surface area contributed by atoms with E-state index in [4.69, 9.17) is 40.2 Å². The van der Waals surface area contributed by atoms with Gasteiger partial charge in [0.25, 0.3) is 5.91 Å². The van der Waals surface area contributed by atoms with Crippen molar-refractivity contribution in [1.29, 1.82) is 0 Å². The molecule has 1 aliphatic heterocycles. The topological polar surface area (TPSA) is 29.5 Å². The highest BCUT2D eigenvalue weighted by molar-refractivity contribution is 9.11. The maximum Gasteiger partial charge on any atom is 0.266 e. The zero-order chi connectivity index (χ0) is 20.4. The van der Waals surface area contributed by atoms with Crippen molar-refractivity contribution in [2.75, 3.05) is 6.54 Å². The number of hydrogen-bond donors (Lipinski definition) is 0. The Hall–Kier alpha value is -0.570. The third-order valence-electron chi connectivity index (χ3n) is 3.88. The number of benzene rings is 2. The summed E-state index contributed by atoms with van der Waals surface area (Å²) in [5.74, 6) is 0.592. The Morgan fingerprint density at radius 2 is 1.86 bits per heavy atom. The Kier molecular flexibility index (Phi) is 7.50. The lowest BCUT2D eigenvalue weighted by molar-refractivity contribution is -0.121. The van der Waals surface area contributed by atoms with Gasteiger partial charge >= 0.3 is 0 Å². The van der Waals surface area contributed by atoms with Crippen LogP contribution in [0, 0.1) is 0 Å². The molecule has 2 aromatic rings. The third-order valence-corrected chi connectivity index (χ3v) is 7.17. The molecular weight excluding hydrogens is 569 g/mol. The molecule has 1 aliphatic rings. The summed E-state index contributed by atoms with van der Waals surface area (Å²) < 4.78 is 8.04. The maximum atomic E-state index is 12.4. The molecule has 0 atom stereocenters. The van der Waals surface area contributed by atoms with Gasteiger partial charge in [0.1, 0.15) is 16.7 Å². The van der Waals surface area contributed by atoms with Crippen LogP contribution in [0.15, 0.2) is 44.2 Å². The van der Waals surface area contributed by atoms with Crippen molar-refractivity contribution >= 4 is 95.3 Å². The van der Waals surface area contributed by atoms with Gasteiger partial charge in [-0.15, -0.1) is 0 Å². The summed E-state index contributed by atoms with van der Waals surface area (Å²) in [5.41, 5.74) is 1.76. The molecule has 0 radical (unpaired) electrons. The number of hydrogen-bond acceptors (Lipinski definition) is 4. The zero-order valence-electron chi connectivity index (χ0n) is 14.5. The molecule has 0 aliphatic carbocycles. The van der Waals surface area contributed by atoms with E-state index >= 15 is 0 Å². The van der Waals surface area contributed by atoms with E-state index in [2.05, 4.69) is 31.9 Å². The molecule has 0 bridgehead atoms. The number of likely N-dealkylation sites (N-methyl/N-ethyl adjacent to an activating group) is 1. The fourth-order valence-corrected chi connectivity index (χ4v) is 5.67. The largest absolute Gasteiger partial charge is 0.487 e. The summed E-state index contributed by atoms with van der Waals surface area (Å²) in [7, 11) is 0. The molecule has 0 unspecified atom stereocenters. The molecule has 0 aromatic heterocycles. The van der Waals surface area contributed by atoms with Gasteiger partial charge in [0.05, 0.1) is 23.9 Å². The van der Waals surface area contributed by atoms with Gasteiger partial charge in [-0.1, -0.05) is 53.2 Å². The van der Waals surface area contributed by atoms with Gasteiger partial charge in [0.2, 0.25) is 0 Å². The van der Waals surface area contributed by atoms with Crippen molar-refractivity contribution in [3.8, 4) is 5.75 Å². The summed E-state index contributed by atoms with van der Waals surface area (Å²) in [6.07, 6.45) is 1.83. The van der Waals surface area contributed by atoms with Crippen molar-refractivity contribution in [2.24, 2.45) is 0 Å². The fourth-order valence-electron chi connectivity index (χ4n) is 2.51. The first-order valence-electron chi connectivity index (χ1n) is 8.11. The van der Waals surface area contributed by atoms with Gasteiger partial charge < -0.3 is 4.74 Å². The second-order valence-electron chi connectivity index (χ2n) is 5.78. The van der Waals surface area contributed by atoms with E-state index < -0.39 is 0 Å². The molecule has 1 heterocycles. The van der Waals surface area contributed by atoms with E-state index in [1.54, 1.807) is 17.0 Å². The van der Waals surface area contributed by atoms with Crippen LogP contribution in [0.3, 0.4) is 0 Å². The van der Waals surface area contributed by atoms with E-state index in [1.165, 1.54) is 11.8 Å². The number of amides is 1. The van der Waals surface area contributed by atoms with E-state index in [0.29, 0.717) is 38.2 Å². The predicted molar refractivity (Wildman–Crippen MR) is 128 cm³/mol. The highest BCUT2D eigenvalue weighted by Gasteiger charge is 2.30. The molecular formula is C19H13Br2Cl2NO2S2. The van der Waals surface area contributed by atoms with Crippen molar-refractivity contribution in [3.63, 3.8) is 0 Å². The molecule has 1 fully saturated rings. The first-order valence-corrected chi connectivity index (χ1v) is 11.7. The quantitative estimate of drug-likeness (QED) is 0.273. The lowest BCUT2D eigenvalue weighted by Crippen LogP contribution is -2.27. The van der Waals surface area contributed by atoms with Crippen molar-refractivity contribution in [3.05, 3.63) is 65.4 Å². The molecule has 0 N–H and O–H groups in total. The van der Waals surface area contributed by atoms with Gasteiger partial charge in [-0.05, 0) is 80.3 Å². The highest BCUT2D eigenvalue weighted by atomic mass is 79.9. The third kappa shape index (κ3) is 4.94. The number of halogens is 4. The minimum atomic E-state index is -0.0651. The number of thiocarbonyl (C=S) groups is 1. The number of carbonyl (C=O) groups excluding carboxylic acids is 1. The lowest BCUT2D eigenvalue weighted by atomic mass is 10.2. The normalized spacial score (nSPS) is 15.6. The first kappa shape index (κ1) is 22.1. The molecule has 0 spiro atoms. The summed E-state index contributed by atoms with van der Waals surface area (Å²) in [6.45, 7) is 2.81. The van der Waals surface area contributed by atoms with Crippen LogP contribution in [-0.2, 0) is 11.4 Å². The number of thioether (sulfide) groups is 1. The molecule has 3 nitrogen and oxygen atoms in total. The zero-order valence-corrected chi connectivity index (χ0v) is 20.8. The molecule has 2 aromatic carbocycles. The highest BCUT2D eigenvalue weighted by Crippen LogP contribution is 2.38. The lowest BCUT2D eigenvalue weighted by Gasteiger charge is -2.12. The van der Waals surface area contributed by atoms with E-state index in [-0.39, 0.29) is 5.91 Å². The van der Waals surface area contributed by atoms with Gasteiger partial charge in [-0.2, -0.15) is 0 Å². The van der Waals surface area contributed by atoms with Gasteiger partial charge in [-0.25, -0.2) is 0 Å². The number of nitrogens with zero attached hydrogens (tertiary/aromatic N) is 1. The van der Waals surface area contributed by atoms with Gasteiger partial charge in [0.15, 0.2) is 0 Å². The fraction of sp³-hybridized carbons (Fsp3) is 0.158. The Morgan fingerprint density at radius 3 is 2.43 bits per heavy atom. The Balaban J connectivity index is 1.79. The Morgan fingerprint density at radius 1 is 1.18 bits per heavy atom. The predicted octanol–water partition coefficient (Wildman–Crippen LogP) is 7.32. The summed E-state index contributed by atoms with van der Waals surface area (Å²) in [6, 6.07) is 9.17. The van der Waals surface area contributed by atoms with Crippen LogP contribution in [0.4, 0.5) is 0 Å². The van der Waals surface area contributed by atoms with Crippen LogP contribution in [-0.4, -0.2) is 21.7 Å². The number of ether oxygens (including phenoxy) is 1. The molecule has 1 saturated heterocycles. The summed E-state index contributed by atoms with van der Waals surface area (Å²) in [5, 5.41) is 0.992. The Bertz CT molecular complexity index is 975. The van der Waals surface area contributed by atoms with E-state index in [1.807, 2.05) is 31.2 Å². The molecule has 0 saturated carbocycles. The number of carbonyl (C=O) groups is 1. The van der Waals surface area contributed by atoms with Crippen LogP contribution in [0.5, 0.6) is 5.75 Å². The molecule has 9 heteroatoms. The molecule has 1 amide bonds. The molecule has 146 valence electrons. The van der Waals surface area contributed by atoms with E-state index in [9.17, 15) is 4.79 Å².